The van der Waals surface area contributed by atoms with Crippen molar-refractivity contribution in [1.29, 1.82) is 0 Å². The van der Waals surface area contributed by atoms with Gasteiger partial charge in [-0.2, -0.15) is 0 Å². The molecule has 7 nitrogen and oxygen atoms in total. The van der Waals surface area contributed by atoms with Crippen molar-refractivity contribution in [3.63, 3.8) is 0 Å². The molecule has 0 radical (unpaired) electrons. The van der Waals surface area contributed by atoms with E-state index in [9.17, 15) is 14.4 Å². The average Bonchev–Trinajstić information content (AvgIpc) is 3.75. The Morgan fingerprint density at radius 2 is 1.73 bits per heavy atom. The maximum absolute atomic E-state index is 14.0. The minimum absolute atomic E-state index is 0.0366. The summed E-state index contributed by atoms with van der Waals surface area (Å²) in [5, 5.41) is 1.64. The molecule has 4 aliphatic rings. The third kappa shape index (κ3) is 4.27. The lowest BCUT2D eigenvalue weighted by molar-refractivity contribution is -0.123. The molecule has 3 fully saturated rings. The van der Waals surface area contributed by atoms with Gasteiger partial charge in [0.2, 0.25) is 11.8 Å². The van der Waals surface area contributed by atoms with Gasteiger partial charge in [-0.25, -0.2) is 0 Å². The molecule has 2 amide bonds. The van der Waals surface area contributed by atoms with Crippen LogP contribution in [0.2, 0.25) is 5.02 Å². The second-order valence-corrected chi connectivity index (χ2v) is 14.8. The van der Waals surface area contributed by atoms with Gasteiger partial charge < -0.3 is 14.5 Å². The predicted octanol–water partition coefficient (Wildman–Crippen LogP) is 6.66. The number of nitrogens with zero attached hydrogens (tertiary/aromatic N) is 1. The van der Waals surface area contributed by atoms with Gasteiger partial charge in [0.15, 0.2) is 11.5 Å². The number of imide groups is 1. The van der Waals surface area contributed by atoms with Gasteiger partial charge in [0.25, 0.3) is 0 Å². The molecule has 8 rings (SSSR count). The van der Waals surface area contributed by atoms with E-state index in [2.05, 4.69) is 4.98 Å². The van der Waals surface area contributed by atoms with E-state index in [4.69, 9.17) is 21.1 Å². The number of benzene rings is 3. The molecule has 3 heterocycles. The quantitative estimate of drug-likeness (QED) is 0.236. The number of hydrogen-bond acceptors (Lipinski definition) is 7. The molecule has 2 bridgehead atoms. The van der Waals surface area contributed by atoms with Crippen molar-refractivity contribution < 1.29 is 19.1 Å². The molecule has 224 valence electrons. The molecule has 2 saturated carbocycles. The zero-order chi connectivity index (χ0) is 30.3. The lowest BCUT2D eigenvalue weighted by Gasteiger charge is -2.43. The Labute approximate surface area is 267 Å². The van der Waals surface area contributed by atoms with Crippen LogP contribution in [0.15, 0.2) is 76.6 Å². The van der Waals surface area contributed by atoms with E-state index in [0.717, 1.165) is 33.0 Å². The number of H-pyrrole nitrogens is 1. The highest BCUT2D eigenvalue weighted by Gasteiger charge is 2.69. The van der Waals surface area contributed by atoms with Crippen molar-refractivity contribution in [1.82, 2.24) is 4.98 Å². The zero-order valence-electron chi connectivity index (χ0n) is 24.0. The van der Waals surface area contributed by atoms with E-state index >= 15 is 0 Å². The minimum atomic E-state index is -0.349. The van der Waals surface area contributed by atoms with Gasteiger partial charge in [0.05, 0.1) is 29.7 Å². The van der Waals surface area contributed by atoms with Crippen LogP contribution in [0.3, 0.4) is 0 Å². The van der Waals surface area contributed by atoms with Gasteiger partial charge >= 0.3 is 4.87 Å². The summed E-state index contributed by atoms with van der Waals surface area (Å²) in [6.45, 7) is 2.33. The van der Waals surface area contributed by atoms with Crippen molar-refractivity contribution in [3.8, 4) is 11.5 Å². The summed E-state index contributed by atoms with van der Waals surface area (Å²) < 4.78 is 11.9. The molecule has 4 aromatic rings. The molecule has 44 heavy (non-hydrogen) atoms. The molecular formula is C34H29ClN2O5S2. The Hall–Kier alpha value is -3.53. The van der Waals surface area contributed by atoms with Crippen molar-refractivity contribution in [2.45, 2.75) is 36.1 Å². The highest BCUT2D eigenvalue weighted by molar-refractivity contribution is 8.00. The minimum Gasteiger partial charge on any atom is -0.493 e. The van der Waals surface area contributed by atoms with Crippen LogP contribution in [0, 0.1) is 36.5 Å². The van der Waals surface area contributed by atoms with E-state index in [1.165, 1.54) is 16.2 Å². The van der Waals surface area contributed by atoms with Gasteiger partial charge in [-0.1, -0.05) is 58.8 Å². The van der Waals surface area contributed by atoms with E-state index < -0.39 is 0 Å². The molecule has 1 saturated heterocycles. The topological polar surface area (TPSA) is 88.7 Å². The first-order chi connectivity index (χ1) is 21.3. The number of nitrogens with one attached hydrogen (secondary N) is 1. The van der Waals surface area contributed by atoms with Crippen molar-refractivity contribution >= 4 is 52.2 Å². The van der Waals surface area contributed by atoms with E-state index in [1.54, 1.807) is 18.9 Å². The van der Waals surface area contributed by atoms with Crippen LogP contribution in [-0.4, -0.2) is 29.2 Å². The smallest absolute Gasteiger partial charge is 0.305 e. The number of methoxy groups -OCH3 is 1. The summed E-state index contributed by atoms with van der Waals surface area (Å²) in [7, 11) is 1.62. The van der Waals surface area contributed by atoms with Crippen LogP contribution in [0.1, 0.15) is 33.9 Å². The van der Waals surface area contributed by atoms with Crippen LogP contribution in [0.25, 0.3) is 0 Å². The number of carbonyl (C=O) groups is 2. The number of carbonyl (C=O) groups excluding carboxylic acids is 2. The molecule has 2 aliphatic carbocycles. The second-order valence-electron chi connectivity index (χ2n) is 12.1. The standard InChI is InChI=1S/C34H29ClN2O5S2/c1-16-6-9-20(10-7-16)37-32(38)27-21-14-22(28(27)33(37)39)29-26(21)25(30-31(43-29)36-34(40)44-30)18-8-11-23(24(13-18)41-2)42-15-17-4-3-5-19(35)12-17/h3-13,21-22,25-29H,14-15H2,1-2H3,(H,36,40)/t21-,22-,25?,26?,27?,28?,29?/m1/s1. The fourth-order valence-corrected chi connectivity index (χ4v) is 11.2. The number of aryl methyl sites for hydroxylation is 1. The number of amides is 2. The summed E-state index contributed by atoms with van der Waals surface area (Å²) in [5.74, 6) is 0.452. The number of hydrogen-bond donors (Lipinski definition) is 1. The largest absolute Gasteiger partial charge is 0.493 e. The molecule has 0 spiro atoms. The number of thioether (sulfide) groups is 1. The third-order valence-corrected chi connectivity index (χ3v) is 12.7. The summed E-state index contributed by atoms with van der Waals surface area (Å²) in [5.41, 5.74) is 3.69. The molecule has 5 unspecified atom stereocenters. The SMILES string of the molecule is COc1cc(C2c3sc(=O)[nH]c3SC3C2[C@H]2C[C@@H]3C3C(=O)N(c4ccc(C)cc4)C(=O)C32)ccc1OCc1cccc(Cl)c1. The Kier molecular flexibility index (Phi) is 6.70. The number of aromatic nitrogens is 1. The van der Waals surface area contributed by atoms with Gasteiger partial charge in [-0.3, -0.25) is 19.3 Å². The molecule has 10 heteroatoms. The summed E-state index contributed by atoms with van der Waals surface area (Å²) in [6.07, 6.45) is 0.838. The van der Waals surface area contributed by atoms with Crippen LogP contribution in [0.4, 0.5) is 5.69 Å². The van der Waals surface area contributed by atoms with Crippen molar-refractivity contribution in [2.24, 2.45) is 29.6 Å². The lowest BCUT2D eigenvalue weighted by Crippen LogP contribution is -2.42. The maximum atomic E-state index is 14.0. The van der Waals surface area contributed by atoms with Gasteiger partial charge in [0, 0.05) is 21.1 Å². The van der Waals surface area contributed by atoms with E-state index in [1.807, 2.05) is 73.7 Å². The van der Waals surface area contributed by atoms with Crippen LogP contribution in [0.5, 0.6) is 11.5 Å². The number of halogens is 1. The monoisotopic (exact) mass is 644 g/mol. The Bertz CT molecular complexity index is 1870. The molecular weight excluding hydrogens is 616 g/mol. The second kappa shape index (κ2) is 10.5. The maximum Gasteiger partial charge on any atom is 0.305 e. The first-order valence-corrected chi connectivity index (χ1v) is 16.8. The number of ether oxygens (including phenoxy) is 2. The Morgan fingerprint density at radius 3 is 2.48 bits per heavy atom. The summed E-state index contributed by atoms with van der Waals surface area (Å²) >= 11 is 9.08. The zero-order valence-corrected chi connectivity index (χ0v) is 26.4. The Morgan fingerprint density at radius 1 is 0.955 bits per heavy atom. The van der Waals surface area contributed by atoms with E-state index in [0.29, 0.717) is 28.8 Å². The van der Waals surface area contributed by atoms with Gasteiger partial charge in [-0.05, 0) is 78.6 Å². The van der Waals surface area contributed by atoms with Crippen LogP contribution >= 0.6 is 34.7 Å². The fraction of sp³-hybridized carbons (Fsp3) is 0.324. The van der Waals surface area contributed by atoms with E-state index in [-0.39, 0.29) is 57.4 Å². The third-order valence-electron chi connectivity index (χ3n) is 9.85. The normalized spacial score (nSPS) is 28.2. The molecule has 3 aromatic carbocycles. The molecule has 1 N–H and O–H groups in total. The fourth-order valence-electron chi connectivity index (χ4n) is 8.12. The number of anilines is 1. The summed E-state index contributed by atoms with van der Waals surface area (Å²) in [4.78, 5) is 45.9. The Balaban J connectivity index is 1.15. The molecule has 1 aromatic heterocycles. The lowest BCUT2D eigenvalue weighted by atomic mass is 9.68. The highest BCUT2D eigenvalue weighted by Crippen LogP contribution is 2.68. The first-order valence-electron chi connectivity index (χ1n) is 14.7. The van der Waals surface area contributed by atoms with Gasteiger partial charge in [0.1, 0.15) is 6.61 Å². The number of rotatable bonds is 6. The first kappa shape index (κ1) is 28.0. The van der Waals surface area contributed by atoms with Crippen molar-refractivity contribution in [3.05, 3.63) is 103 Å². The van der Waals surface area contributed by atoms with Gasteiger partial charge in [-0.15, -0.1) is 11.8 Å². The van der Waals surface area contributed by atoms with Crippen LogP contribution < -0.4 is 19.2 Å². The number of aromatic amines is 1. The highest BCUT2D eigenvalue weighted by atomic mass is 35.5. The average molecular weight is 645 g/mol. The van der Waals surface area contributed by atoms with Crippen molar-refractivity contribution in [2.75, 3.05) is 12.0 Å². The van der Waals surface area contributed by atoms with Crippen LogP contribution in [-0.2, 0) is 16.2 Å². The number of thiazole rings is 1. The molecule has 2 aliphatic heterocycles. The number of fused-ring (bicyclic) bond motifs is 9. The molecule has 7 atom stereocenters. The predicted molar refractivity (Wildman–Crippen MR) is 171 cm³/mol. The summed E-state index contributed by atoms with van der Waals surface area (Å²) in [6, 6.07) is 21.1.